The van der Waals surface area contributed by atoms with Crippen LogP contribution >= 0.6 is 0 Å². The molecule has 0 aliphatic rings. The fraction of sp³-hybridized carbons (Fsp3) is 0.750. The van der Waals surface area contributed by atoms with Crippen molar-refractivity contribution < 1.29 is 14.3 Å². The third-order valence-corrected chi connectivity index (χ3v) is 2.39. The van der Waals surface area contributed by atoms with Gasteiger partial charge in [0.2, 0.25) is 0 Å². The first-order valence-electron chi connectivity index (χ1n) is 5.49. The highest BCUT2D eigenvalue weighted by Gasteiger charge is 2.27. The molecule has 0 unspecified atom stereocenters. The summed E-state index contributed by atoms with van der Waals surface area (Å²) in [5.74, 6) is 0.318. The van der Waals surface area contributed by atoms with Crippen LogP contribution in [0.1, 0.15) is 40.5 Å². The highest BCUT2D eigenvalue weighted by Crippen LogP contribution is 2.22. The predicted octanol–water partition coefficient (Wildman–Crippen LogP) is 3.54. The number of carbonyl (C=O) groups excluding carboxylic acids is 1. The molecule has 0 aromatic carbocycles. The fourth-order valence-electron chi connectivity index (χ4n) is 1.15. The fourth-order valence-corrected chi connectivity index (χ4v) is 1.15. The molecule has 0 rings (SSSR count). The van der Waals surface area contributed by atoms with E-state index in [-0.39, 0.29) is 0 Å². The van der Waals surface area contributed by atoms with E-state index in [9.17, 15) is 4.79 Å². The minimum Gasteiger partial charge on any atom is -0.434 e. The van der Waals surface area contributed by atoms with Gasteiger partial charge < -0.3 is 9.47 Å². The Hall–Kier alpha value is -0.990. The van der Waals surface area contributed by atoms with Crippen molar-refractivity contribution in [2.75, 3.05) is 6.61 Å². The van der Waals surface area contributed by atoms with Crippen molar-refractivity contribution in [2.45, 2.75) is 46.1 Å². The Balaban J connectivity index is 4.17. The molecule has 0 saturated carbocycles. The molecule has 3 nitrogen and oxygen atoms in total. The first-order chi connectivity index (χ1) is 6.99. The van der Waals surface area contributed by atoms with Crippen LogP contribution in [0.15, 0.2) is 12.7 Å². The zero-order valence-corrected chi connectivity index (χ0v) is 10.2. The second kappa shape index (κ2) is 6.49. The van der Waals surface area contributed by atoms with Crippen molar-refractivity contribution in [2.24, 2.45) is 5.92 Å². The van der Waals surface area contributed by atoms with Crippen molar-refractivity contribution in [3.63, 3.8) is 0 Å². The number of hydrogen-bond acceptors (Lipinski definition) is 3. The maximum atomic E-state index is 11.3. The summed E-state index contributed by atoms with van der Waals surface area (Å²) in [6, 6.07) is 0. The monoisotopic (exact) mass is 214 g/mol. The third kappa shape index (κ3) is 4.86. The highest BCUT2D eigenvalue weighted by molar-refractivity contribution is 5.60. The van der Waals surface area contributed by atoms with Gasteiger partial charge in [0.15, 0.2) is 0 Å². The van der Waals surface area contributed by atoms with Gasteiger partial charge in [0, 0.05) is 0 Å². The van der Waals surface area contributed by atoms with E-state index in [0.717, 1.165) is 0 Å². The lowest BCUT2D eigenvalue weighted by atomic mass is 9.98. The zero-order valence-electron chi connectivity index (χ0n) is 10.2. The number of carbonyl (C=O) groups is 1. The molecular weight excluding hydrogens is 192 g/mol. The van der Waals surface area contributed by atoms with Crippen LogP contribution in [-0.2, 0) is 9.47 Å². The summed E-state index contributed by atoms with van der Waals surface area (Å²) in [5, 5.41) is 0. The van der Waals surface area contributed by atoms with E-state index in [4.69, 9.17) is 9.47 Å². The summed E-state index contributed by atoms with van der Waals surface area (Å²) >= 11 is 0. The lowest BCUT2D eigenvalue weighted by Crippen LogP contribution is -2.32. The quantitative estimate of drug-likeness (QED) is 0.501. The Morgan fingerprint density at radius 3 is 2.27 bits per heavy atom. The summed E-state index contributed by atoms with van der Waals surface area (Å²) in [5.41, 5.74) is -0.575. The normalized spacial score (nSPS) is 11.3. The van der Waals surface area contributed by atoms with Crippen LogP contribution in [-0.4, -0.2) is 18.4 Å². The van der Waals surface area contributed by atoms with Gasteiger partial charge >= 0.3 is 6.16 Å². The van der Waals surface area contributed by atoms with Gasteiger partial charge in [-0.3, -0.25) is 0 Å². The molecule has 0 saturated heterocycles. The molecule has 0 amide bonds. The van der Waals surface area contributed by atoms with E-state index in [2.05, 4.69) is 6.58 Å². The number of rotatable bonds is 6. The molecule has 0 spiro atoms. The zero-order chi connectivity index (χ0) is 11.9. The Bertz CT molecular complexity index is 205. The highest BCUT2D eigenvalue weighted by atomic mass is 16.7. The molecule has 0 bridgehead atoms. The lowest BCUT2D eigenvalue weighted by molar-refractivity contribution is -0.0180. The smallest absolute Gasteiger partial charge is 0.434 e. The summed E-state index contributed by atoms with van der Waals surface area (Å²) < 4.78 is 10.2. The molecule has 15 heavy (non-hydrogen) atoms. The van der Waals surface area contributed by atoms with E-state index in [0.29, 0.717) is 25.4 Å². The Kier molecular flexibility index (Phi) is 6.06. The number of hydrogen-bond donors (Lipinski definition) is 0. The van der Waals surface area contributed by atoms with Crippen LogP contribution in [0.4, 0.5) is 4.79 Å². The van der Waals surface area contributed by atoms with Crippen LogP contribution < -0.4 is 0 Å². The van der Waals surface area contributed by atoms with E-state index < -0.39 is 11.8 Å². The lowest BCUT2D eigenvalue weighted by Gasteiger charge is -2.27. The minimum absolute atomic E-state index is 0.318. The molecular formula is C12H22O3. The van der Waals surface area contributed by atoms with Crippen LogP contribution in [0.2, 0.25) is 0 Å². The second-order valence-electron chi connectivity index (χ2n) is 4.03. The summed E-state index contributed by atoms with van der Waals surface area (Å²) in [6.45, 7) is 12.0. The topological polar surface area (TPSA) is 35.5 Å². The molecule has 0 aliphatic carbocycles. The van der Waals surface area contributed by atoms with Crippen molar-refractivity contribution in [1.82, 2.24) is 0 Å². The first kappa shape index (κ1) is 14.0. The van der Waals surface area contributed by atoms with E-state index in [1.165, 1.54) is 0 Å². The van der Waals surface area contributed by atoms with Crippen LogP contribution in [0.25, 0.3) is 0 Å². The SMILES string of the molecule is C=CC(CC)(CC)OC(=O)OCC(C)C. The maximum Gasteiger partial charge on any atom is 0.509 e. The average Bonchev–Trinajstić information content (AvgIpc) is 2.23. The molecule has 0 fully saturated rings. The van der Waals surface area contributed by atoms with Gasteiger partial charge in [-0.05, 0) is 24.8 Å². The van der Waals surface area contributed by atoms with Crippen LogP contribution in [0, 0.1) is 5.92 Å². The maximum absolute atomic E-state index is 11.3. The van der Waals surface area contributed by atoms with Gasteiger partial charge in [0.1, 0.15) is 5.60 Å². The van der Waals surface area contributed by atoms with Gasteiger partial charge in [0.05, 0.1) is 6.61 Å². The van der Waals surface area contributed by atoms with Crippen molar-refractivity contribution in [1.29, 1.82) is 0 Å². The molecule has 0 aromatic heterocycles. The molecule has 3 heteroatoms. The molecule has 0 N–H and O–H groups in total. The van der Waals surface area contributed by atoms with Gasteiger partial charge in [-0.15, -0.1) is 0 Å². The van der Waals surface area contributed by atoms with Crippen molar-refractivity contribution >= 4 is 6.16 Å². The Labute approximate surface area is 92.5 Å². The summed E-state index contributed by atoms with van der Waals surface area (Å²) in [6.07, 6.45) is 2.49. The van der Waals surface area contributed by atoms with Gasteiger partial charge in [-0.25, -0.2) is 4.79 Å². The Morgan fingerprint density at radius 1 is 1.40 bits per heavy atom. The predicted molar refractivity (Wildman–Crippen MR) is 60.8 cm³/mol. The molecule has 0 heterocycles. The van der Waals surface area contributed by atoms with E-state index in [1.54, 1.807) is 6.08 Å². The molecule has 0 atom stereocenters. The molecule has 88 valence electrons. The van der Waals surface area contributed by atoms with E-state index >= 15 is 0 Å². The summed E-state index contributed by atoms with van der Waals surface area (Å²) in [7, 11) is 0. The Morgan fingerprint density at radius 2 is 1.93 bits per heavy atom. The van der Waals surface area contributed by atoms with Crippen LogP contribution in [0.3, 0.4) is 0 Å². The first-order valence-corrected chi connectivity index (χ1v) is 5.49. The van der Waals surface area contributed by atoms with Gasteiger partial charge in [0.25, 0.3) is 0 Å². The molecule has 0 aromatic rings. The average molecular weight is 214 g/mol. The van der Waals surface area contributed by atoms with Crippen LogP contribution in [0.5, 0.6) is 0 Å². The number of ether oxygens (including phenoxy) is 2. The van der Waals surface area contributed by atoms with Gasteiger partial charge in [-0.2, -0.15) is 0 Å². The van der Waals surface area contributed by atoms with Crippen molar-refractivity contribution in [3.05, 3.63) is 12.7 Å². The minimum atomic E-state index is -0.604. The molecule has 0 radical (unpaired) electrons. The second-order valence-corrected chi connectivity index (χ2v) is 4.03. The van der Waals surface area contributed by atoms with E-state index in [1.807, 2.05) is 27.7 Å². The summed E-state index contributed by atoms with van der Waals surface area (Å²) in [4.78, 5) is 11.3. The standard InChI is InChI=1S/C12H22O3/c1-6-12(7-2,8-3)15-11(13)14-9-10(4)5/h6,10H,1,7-9H2,2-5H3. The van der Waals surface area contributed by atoms with Crippen molar-refractivity contribution in [3.8, 4) is 0 Å². The third-order valence-electron chi connectivity index (χ3n) is 2.39. The largest absolute Gasteiger partial charge is 0.509 e. The molecule has 0 aliphatic heterocycles. The van der Waals surface area contributed by atoms with Gasteiger partial charge in [-0.1, -0.05) is 34.3 Å².